The molecule has 1 fully saturated rings. The number of aromatic nitrogens is 3. The molecule has 0 aromatic carbocycles. The zero-order valence-electron chi connectivity index (χ0n) is 14.0. The number of rotatable bonds is 5. The predicted octanol–water partition coefficient (Wildman–Crippen LogP) is 1.41. The van der Waals surface area contributed by atoms with Gasteiger partial charge in [0, 0.05) is 49.8 Å². The van der Waals surface area contributed by atoms with E-state index in [4.69, 9.17) is 4.74 Å². The van der Waals surface area contributed by atoms with E-state index in [1.165, 1.54) is 25.4 Å². The second-order valence-corrected chi connectivity index (χ2v) is 5.94. The number of ether oxygens (including phenoxy) is 1. The highest BCUT2D eigenvalue weighted by Crippen LogP contribution is 2.14. The highest BCUT2D eigenvalue weighted by molar-refractivity contribution is 5.92. The van der Waals surface area contributed by atoms with Crippen molar-refractivity contribution in [2.45, 2.75) is 25.4 Å². The standard InChI is InChI=1S/C17H20FN5O2/c1-25-17-20-9-12(10-21-17)11-23-7-4-13(5-8-23)22-16(24)15-14(18)3-2-6-19-15/h2-3,6,9-10,13H,4-5,7-8,11H2,1H3,(H,22,24). The van der Waals surface area contributed by atoms with E-state index in [1.54, 1.807) is 12.4 Å². The lowest BCUT2D eigenvalue weighted by Gasteiger charge is -2.32. The quantitative estimate of drug-likeness (QED) is 0.883. The topological polar surface area (TPSA) is 80.2 Å². The molecule has 132 valence electrons. The number of piperidine rings is 1. The van der Waals surface area contributed by atoms with Crippen LogP contribution in [0.2, 0.25) is 0 Å². The number of carbonyl (C=O) groups is 1. The van der Waals surface area contributed by atoms with Crippen molar-refractivity contribution in [3.8, 4) is 6.01 Å². The molecule has 1 aliphatic rings. The summed E-state index contributed by atoms with van der Waals surface area (Å²) in [6.07, 6.45) is 6.53. The summed E-state index contributed by atoms with van der Waals surface area (Å²) in [5, 5.41) is 2.87. The average molecular weight is 345 g/mol. The first kappa shape index (κ1) is 17.2. The van der Waals surface area contributed by atoms with E-state index in [-0.39, 0.29) is 11.7 Å². The van der Waals surface area contributed by atoms with E-state index >= 15 is 0 Å². The summed E-state index contributed by atoms with van der Waals surface area (Å²) in [6.45, 7) is 2.42. The summed E-state index contributed by atoms with van der Waals surface area (Å²) < 4.78 is 18.5. The average Bonchev–Trinajstić information content (AvgIpc) is 2.64. The van der Waals surface area contributed by atoms with Crippen molar-refractivity contribution in [1.29, 1.82) is 0 Å². The van der Waals surface area contributed by atoms with Gasteiger partial charge >= 0.3 is 6.01 Å². The van der Waals surface area contributed by atoms with E-state index in [0.29, 0.717) is 6.01 Å². The SMILES string of the molecule is COc1ncc(CN2CCC(NC(=O)c3ncccc3F)CC2)cn1. The highest BCUT2D eigenvalue weighted by atomic mass is 19.1. The Labute approximate surface area is 145 Å². The molecule has 1 amide bonds. The molecule has 25 heavy (non-hydrogen) atoms. The second kappa shape index (κ2) is 7.98. The van der Waals surface area contributed by atoms with Crippen LogP contribution < -0.4 is 10.1 Å². The number of nitrogens with one attached hydrogen (secondary N) is 1. The lowest BCUT2D eigenvalue weighted by Crippen LogP contribution is -2.44. The maximum absolute atomic E-state index is 13.6. The lowest BCUT2D eigenvalue weighted by molar-refractivity contribution is 0.0899. The second-order valence-electron chi connectivity index (χ2n) is 5.94. The first-order valence-corrected chi connectivity index (χ1v) is 8.14. The number of hydrogen-bond donors (Lipinski definition) is 1. The molecule has 1 saturated heterocycles. The van der Waals surface area contributed by atoms with Crippen LogP contribution in [-0.4, -0.2) is 52.0 Å². The van der Waals surface area contributed by atoms with Crippen molar-refractivity contribution in [2.75, 3.05) is 20.2 Å². The highest BCUT2D eigenvalue weighted by Gasteiger charge is 2.23. The molecule has 8 heteroatoms. The number of amides is 1. The molecule has 0 unspecified atom stereocenters. The van der Waals surface area contributed by atoms with Gasteiger partial charge in [0.25, 0.3) is 5.91 Å². The van der Waals surface area contributed by atoms with Gasteiger partial charge in [0.05, 0.1) is 7.11 Å². The Balaban J connectivity index is 1.48. The van der Waals surface area contributed by atoms with Crippen molar-refractivity contribution in [3.63, 3.8) is 0 Å². The third kappa shape index (κ3) is 4.48. The van der Waals surface area contributed by atoms with Gasteiger partial charge in [-0.1, -0.05) is 0 Å². The summed E-state index contributed by atoms with van der Waals surface area (Å²) in [5.41, 5.74) is 0.860. The number of nitrogens with zero attached hydrogens (tertiary/aromatic N) is 4. The number of carbonyl (C=O) groups excluding carboxylic acids is 1. The van der Waals surface area contributed by atoms with Gasteiger partial charge in [0.2, 0.25) is 0 Å². The summed E-state index contributed by atoms with van der Waals surface area (Å²) in [7, 11) is 1.53. The zero-order chi connectivity index (χ0) is 17.6. The Hall–Kier alpha value is -2.61. The van der Waals surface area contributed by atoms with Crippen molar-refractivity contribution in [2.24, 2.45) is 0 Å². The van der Waals surface area contributed by atoms with Crippen LogP contribution in [0.4, 0.5) is 4.39 Å². The molecule has 0 saturated carbocycles. The van der Waals surface area contributed by atoms with Crippen LogP contribution in [0.25, 0.3) is 0 Å². The maximum atomic E-state index is 13.6. The lowest BCUT2D eigenvalue weighted by atomic mass is 10.0. The number of halogens is 1. The first-order chi connectivity index (χ1) is 12.2. The van der Waals surface area contributed by atoms with Crippen LogP contribution in [0.15, 0.2) is 30.7 Å². The molecule has 2 aromatic rings. The number of pyridine rings is 1. The Bertz CT molecular complexity index is 717. The fourth-order valence-electron chi connectivity index (χ4n) is 2.83. The smallest absolute Gasteiger partial charge is 0.316 e. The van der Waals surface area contributed by atoms with Crippen LogP contribution in [0, 0.1) is 5.82 Å². The third-order valence-corrected chi connectivity index (χ3v) is 4.17. The third-order valence-electron chi connectivity index (χ3n) is 4.17. The van der Waals surface area contributed by atoms with Gasteiger partial charge < -0.3 is 10.1 Å². The fourth-order valence-corrected chi connectivity index (χ4v) is 2.83. The van der Waals surface area contributed by atoms with Crippen LogP contribution in [-0.2, 0) is 6.54 Å². The van der Waals surface area contributed by atoms with Crippen LogP contribution >= 0.6 is 0 Å². The van der Waals surface area contributed by atoms with E-state index in [9.17, 15) is 9.18 Å². The largest absolute Gasteiger partial charge is 0.467 e. The van der Waals surface area contributed by atoms with Crippen LogP contribution in [0.1, 0.15) is 28.9 Å². The molecule has 3 rings (SSSR count). The Morgan fingerprint density at radius 3 is 2.68 bits per heavy atom. The number of hydrogen-bond acceptors (Lipinski definition) is 6. The monoisotopic (exact) mass is 345 g/mol. The maximum Gasteiger partial charge on any atom is 0.316 e. The van der Waals surface area contributed by atoms with Gasteiger partial charge in [-0.15, -0.1) is 0 Å². The van der Waals surface area contributed by atoms with Crippen molar-refractivity contribution in [1.82, 2.24) is 25.2 Å². The van der Waals surface area contributed by atoms with Gasteiger partial charge in [-0.05, 0) is 25.0 Å². The molecule has 0 aliphatic carbocycles. The molecule has 1 N–H and O–H groups in total. The van der Waals surface area contributed by atoms with Crippen LogP contribution in [0.5, 0.6) is 6.01 Å². The predicted molar refractivity (Wildman–Crippen MR) is 88.5 cm³/mol. The summed E-state index contributed by atoms with van der Waals surface area (Å²) in [4.78, 5) is 26.4. The van der Waals surface area contributed by atoms with Gasteiger partial charge in [-0.25, -0.2) is 19.3 Å². The van der Waals surface area contributed by atoms with Crippen molar-refractivity contribution >= 4 is 5.91 Å². The minimum Gasteiger partial charge on any atom is -0.467 e. The minimum atomic E-state index is -0.600. The molecule has 0 spiro atoms. The molecular formula is C17H20FN5O2. The normalized spacial score (nSPS) is 15.8. The zero-order valence-corrected chi connectivity index (χ0v) is 14.0. The van der Waals surface area contributed by atoms with Crippen molar-refractivity contribution in [3.05, 3.63) is 47.8 Å². The van der Waals surface area contributed by atoms with Crippen molar-refractivity contribution < 1.29 is 13.9 Å². The molecule has 0 atom stereocenters. The van der Waals surface area contributed by atoms with E-state index in [2.05, 4.69) is 25.2 Å². The van der Waals surface area contributed by atoms with E-state index < -0.39 is 11.7 Å². The summed E-state index contributed by atoms with van der Waals surface area (Å²) in [5.74, 6) is -1.06. The number of likely N-dealkylation sites (tertiary alicyclic amines) is 1. The minimum absolute atomic E-state index is 0.0253. The Morgan fingerprint density at radius 2 is 2.04 bits per heavy atom. The fraction of sp³-hybridized carbons (Fsp3) is 0.412. The first-order valence-electron chi connectivity index (χ1n) is 8.14. The molecule has 2 aromatic heterocycles. The molecule has 0 bridgehead atoms. The van der Waals surface area contributed by atoms with Crippen LogP contribution in [0.3, 0.4) is 0 Å². The van der Waals surface area contributed by atoms with Gasteiger partial charge in [-0.3, -0.25) is 9.69 Å². The van der Waals surface area contributed by atoms with Gasteiger partial charge in [0.15, 0.2) is 11.5 Å². The van der Waals surface area contributed by atoms with Gasteiger partial charge in [-0.2, -0.15) is 0 Å². The molecule has 1 aliphatic heterocycles. The Morgan fingerprint density at radius 1 is 1.32 bits per heavy atom. The summed E-state index contributed by atoms with van der Waals surface area (Å²) >= 11 is 0. The molecule has 3 heterocycles. The van der Waals surface area contributed by atoms with E-state index in [0.717, 1.165) is 38.0 Å². The Kier molecular flexibility index (Phi) is 5.49. The molecule has 7 nitrogen and oxygen atoms in total. The van der Waals surface area contributed by atoms with E-state index in [1.807, 2.05) is 0 Å². The molecular weight excluding hydrogens is 325 g/mol. The number of methoxy groups -OCH3 is 1. The van der Waals surface area contributed by atoms with Gasteiger partial charge in [0.1, 0.15) is 0 Å². The summed E-state index contributed by atoms with van der Waals surface area (Å²) in [6, 6.07) is 3.08. The molecule has 0 radical (unpaired) electrons.